The van der Waals surface area contributed by atoms with Crippen LogP contribution in [-0.4, -0.2) is 39.9 Å². The third kappa shape index (κ3) is 4.01. The highest BCUT2D eigenvalue weighted by atomic mass is 16.4. The Bertz CT molecular complexity index is 1020. The summed E-state index contributed by atoms with van der Waals surface area (Å²) in [7, 11) is 1.68. The molecule has 0 radical (unpaired) electrons. The number of aromatic carboxylic acids is 1. The number of para-hydroxylation sites is 1. The first kappa shape index (κ1) is 18.7. The second-order valence-electron chi connectivity index (χ2n) is 5.79. The van der Waals surface area contributed by atoms with Crippen molar-refractivity contribution in [2.75, 3.05) is 17.3 Å². The summed E-state index contributed by atoms with van der Waals surface area (Å²) in [4.78, 5) is 45.0. The molecule has 0 unspecified atom stereocenters. The van der Waals surface area contributed by atoms with E-state index in [0.29, 0.717) is 11.3 Å². The van der Waals surface area contributed by atoms with Crippen LogP contribution in [0.4, 0.5) is 11.4 Å². The number of carboxylic acid groups (broad SMARTS) is 1. The van der Waals surface area contributed by atoms with E-state index in [-0.39, 0.29) is 11.6 Å². The molecule has 3 rings (SSSR count). The van der Waals surface area contributed by atoms with Gasteiger partial charge in [0.15, 0.2) is 11.4 Å². The fourth-order valence-electron chi connectivity index (χ4n) is 2.51. The van der Waals surface area contributed by atoms with E-state index in [1.165, 1.54) is 17.3 Å². The number of carbonyl (C=O) groups is 3. The summed E-state index contributed by atoms with van der Waals surface area (Å²) in [5.41, 5.74) is 0.866. The van der Waals surface area contributed by atoms with Gasteiger partial charge in [0.25, 0.3) is 11.8 Å². The predicted octanol–water partition coefficient (Wildman–Crippen LogP) is 2.70. The summed E-state index contributed by atoms with van der Waals surface area (Å²) < 4.78 is 0. The van der Waals surface area contributed by atoms with E-state index in [9.17, 15) is 14.4 Å². The van der Waals surface area contributed by atoms with Gasteiger partial charge in [0.05, 0.1) is 0 Å². The fraction of sp³-hybridized carbons (Fsp3) is 0.0500. The number of nitrogens with zero attached hydrogens (tertiary/aromatic N) is 3. The van der Waals surface area contributed by atoms with Crippen molar-refractivity contribution in [3.8, 4) is 0 Å². The van der Waals surface area contributed by atoms with Gasteiger partial charge in [0, 0.05) is 36.4 Å². The van der Waals surface area contributed by atoms with E-state index < -0.39 is 17.6 Å². The third-order valence-electron chi connectivity index (χ3n) is 3.95. The van der Waals surface area contributed by atoms with Gasteiger partial charge in [-0.1, -0.05) is 18.2 Å². The molecule has 0 aliphatic carbocycles. The maximum absolute atomic E-state index is 12.6. The topological polar surface area (TPSA) is 112 Å². The average molecular weight is 376 g/mol. The minimum absolute atomic E-state index is 0.203. The summed E-state index contributed by atoms with van der Waals surface area (Å²) in [5, 5.41) is 11.7. The van der Waals surface area contributed by atoms with Crippen molar-refractivity contribution in [1.82, 2.24) is 9.97 Å². The van der Waals surface area contributed by atoms with E-state index >= 15 is 0 Å². The Morgan fingerprint density at radius 1 is 0.893 bits per heavy atom. The van der Waals surface area contributed by atoms with Crippen molar-refractivity contribution in [3.05, 3.63) is 83.9 Å². The second-order valence-corrected chi connectivity index (χ2v) is 5.79. The molecule has 0 saturated carbocycles. The molecule has 0 atom stereocenters. The highest BCUT2D eigenvalue weighted by Crippen LogP contribution is 2.17. The average Bonchev–Trinajstić information content (AvgIpc) is 2.73. The molecule has 0 bridgehead atoms. The zero-order valence-corrected chi connectivity index (χ0v) is 14.9. The maximum atomic E-state index is 12.6. The van der Waals surface area contributed by atoms with Crippen molar-refractivity contribution in [2.24, 2.45) is 0 Å². The lowest BCUT2D eigenvalue weighted by Crippen LogP contribution is -2.26. The molecular formula is C20H16N4O4. The van der Waals surface area contributed by atoms with Crippen molar-refractivity contribution < 1.29 is 19.5 Å². The lowest BCUT2D eigenvalue weighted by atomic mass is 10.1. The summed E-state index contributed by atoms with van der Waals surface area (Å²) in [6, 6.07) is 15.5. The molecule has 0 spiro atoms. The minimum atomic E-state index is -1.34. The predicted molar refractivity (Wildman–Crippen MR) is 103 cm³/mol. The van der Waals surface area contributed by atoms with Crippen LogP contribution in [0.5, 0.6) is 0 Å². The van der Waals surface area contributed by atoms with Gasteiger partial charge in [-0.15, -0.1) is 0 Å². The molecule has 140 valence electrons. The van der Waals surface area contributed by atoms with Gasteiger partial charge in [-0.2, -0.15) is 0 Å². The molecule has 28 heavy (non-hydrogen) atoms. The van der Waals surface area contributed by atoms with Crippen molar-refractivity contribution in [2.45, 2.75) is 0 Å². The third-order valence-corrected chi connectivity index (χ3v) is 3.95. The van der Waals surface area contributed by atoms with E-state index in [1.807, 2.05) is 30.3 Å². The molecule has 2 amide bonds. The molecule has 0 fully saturated rings. The number of nitrogens with one attached hydrogen (secondary N) is 1. The molecule has 1 heterocycles. The number of aromatic nitrogens is 2. The number of anilines is 2. The monoisotopic (exact) mass is 376 g/mol. The largest absolute Gasteiger partial charge is 0.476 e. The number of rotatable bonds is 5. The van der Waals surface area contributed by atoms with Crippen LogP contribution in [0.3, 0.4) is 0 Å². The summed E-state index contributed by atoms with van der Waals surface area (Å²) in [6.45, 7) is 0. The van der Waals surface area contributed by atoms with Gasteiger partial charge >= 0.3 is 5.97 Å². The number of carboxylic acids is 1. The van der Waals surface area contributed by atoms with Crippen LogP contribution in [0, 0.1) is 0 Å². The van der Waals surface area contributed by atoms with Gasteiger partial charge in [0.2, 0.25) is 0 Å². The maximum Gasteiger partial charge on any atom is 0.356 e. The Morgan fingerprint density at radius 2 is 1.50 bits per heavy atom. The Hall–Kier alpha value is -4.07. The number of carbonyl (C=O) groups excluding carboxylic acids is 2. The Morgan fingerprint density at radius 3 is 2.11 bits per heavy atom. The highest BCUT2D eigenvalue weighted by molar-refractivity contribution is 6.09. The van der Waals surface area contributed by atoms with Crippen LogP contribution in [0.25, 0.3) is 0 Å². The fourth-order valence-corrected chi connectivity index (χ4v) is 2.51. The highest BCUT2D eigenvalue weighted by Gasteiger charge is 2.20. The van der Waals surface area contributed by atoms with Gasteiger partial charge < -0.3 is 15.3 Å². The number of hydrogen-bond donors (Lipinski definition) is 2. The van der Waals surface area contributed by atoms with Gasteiger partial charge in [-0.05, 0) is 36.4 Å². The minimum Gasteiger partial charge on any atom is -0.476 e. The van der Waals surface area contributed by atoms with Crippen molar-refractivity contribution >= 4 is 29.2 Å². The Kier molecular flexibility index (Phi) is 5.40. The summed E-state index contributed by atoms with van der Waals surface area (Å²) in [5.74, 6) is -2.25. The number of amides is 2. The van der Waals surface area contributed by atoms with Crippen LogP contribution < -0.4 is 10.2 Å². The molecule has 2 aromatic carbocycles. The van der Waals surface area contributed by atoms with Crippen LogP contribution in [0.2, 0.25) is 0 Å². The second kappa shape index (κ2) is 8.09. The normalized spacial score (nSPS) is 10.2. The molecule has 8 nitrogen and oxygen atoms in total. The van der Waals surface area contributed by atoms with Crippen LogP contribution in [0.15, 0.2) is 67.0 Å². The number of hydrogen-bond acceptors (Lipinski definition) is 5. The van der Waals surface area contributed by atoms with Gasteiger partial charge in [-0.25, -0.2) is 14.8 Å². The van der Waals surface area contributed by atoms with E-state index in [2.05, 4.69) is 15.3 Å². The molecule has 3 aromatic rings. The quantitative estimate of drug-likeness (QED) is 0.708. The van der Waals surface area contributed by atoms with Crippen LogP contribution in [0.1, 0.15) is 31.3 Å². The first-order chi connectivity index (χ1) is 13.5. The van der Waals surface area contributed by atoms with Crippen molar-refractivity contribution in [1.29, 1.82) is 0 Å². The Balaban J connectivity index is 1.74. The van der Waals surface area contributed by atoms with Crippen LogP contribution >= 0.6 is 0 Å². The Labute approximate surface area is 160 Å². The molecule has 0 aliphatic rings. The van der Waals surface area contributed by atoms with E-state index in [1.54, 1.807) is 31.3 Å². The standard InChI is InChI=1S/C20H16N4O4/c1-24(15-5-3-2-4-6-15)19(26)13-7-9-14(10-8-13)23-18(25)16-17(20(27)28)22-12-11-21-16/h2-12H,1H3,(H,23,25)(H,27,28). The first-order valence-electron chi connectivity index (χ1n) is 8.26. The molecule has 0 saturated heterocycles. The first-order valence-corrected chi connectivity index (χ1v) is 8.26. The van der Waals surface area contributed by atoms with E-state index in [0.717, 1.165) is 5.69 Å². The summed E-state index contributed by atoms with van der Waals surface area (Å²) in [6.07, 6.45) is 2.44. The summed E-state index contributed by atoms with van der Waals surface area (Å²) >= 11 is 0. The lowest BCUT2D eigenvalue weighted by molar-refractivity contribution is 0.0684. The SMILES string of the molecule is CN(C(=O)c1ccc(NC(=O)c2nccnc2C(=O)O)cc1)c1ccccc1. The smallest absolute Gasteiger partial charge is 0.356 e. The molecular weight excluding hydrogens is 360 g/mol. The van der Waals surface area contributed by atoms with Crippen LogP contribution in [-0.2, 0) is 0 Å². The molecule has 1 aromatic heterocycles. The molecule has 2 N–H and O–H groups in total. The van der Waals surface area contributed by atoms with Gasteiger partial charge in [-0.3, -0.25) is 9.59 Å². The van der Waals surface area contributed by atoms with E-state index in [4.69, 9.17) is 5.11 Å². The van der Waals surface area contributed by atoms with Crippen molar-refractivity contribution in [3.63, 3.8) is 0 Å². The molecule has 0 aliphatic heterocycles. The number of benzene rings is 2. The zero-order valence-electron chi connectivity index (χ0n) is 14.9. The molecule has 8 heteroatoms. The lowest BCUT2D eigenvalue weighted by Gasteiger charge is -2.17. The zero-order chi connectivity index (χ0) is 20.1. The van der Waals surface area contributed by atoms with Gasteiger partial charge in [0.1, 0.15) is 0 Å².